The SMILES string of the molecule is CC(C)CNCc1cncn1C1CCC(C)CC1. The van der Waals surface area contributed by atoms with E-state index >= 15 is 0 Å². The van der Waals surface area contributed by atoms with E-state index in [1.54, 1.807) is 0 Å². The van der Waals surface area contributed by atoms with Gasteiger partial charge >= 0.3 is 0 Å². The number of nitrogens with one attached hydrogen (secondary N) is 1. The van der Waals surface area contributed by atoms with Crippen LogP contribution in [0.25, 0.3) is 0 Å². The molecule has 1 aromatic rings. The molecule has 1 saturated carbocycles. The van der Waals surface area contributed by atoms with Gasteiger partial charge in [-0.3, -0.25) is 0 Å². The summed E-state index contributed by atoms with van der Waals surface area (Å²) in [6.07, 6.45) is 9.39. The average molecular weight is 249 g/mol. The molecule has 0 spiro atoms. The van der Waals surface area contributed by atoms with Crippen molar-refractivity contribution >= 4 is 0 Å². The molecule has 0 aromatic carbocycles. The van der Waals surface area contributed by atoms with Gasteiger partial charge in [0.2, 0.25) is 0 Å². The molecule has 0 aliphatic heterocycles. The zero-order chi connectivity index (χ0) is 13.0. The van der Waals surface area contributed by atoms with Gasteiger partial charge < -0.3 is 9.88 Å². The molecule has 102 valence electrons. The topological polar surface area (TPSA) is 29.9 Å². The van der Waals surface area contributed by atoms with Crippen LogP contribution >= 0.6 is 0 Å². The second kappa shape index (κ2) is 6.37. The highest BCUT2D eigenvalue weighted by atomic mass is 15.1. The van der Waals surface area contributed by atoms with Gasteiger partial charge in [-0.05, 0) is 44.1 Å². The van der Waals surface area contributed by atoms with Crippen LogP contribution < -0.4 is 5.32 Å². The lowest BCUT2D eigenvalue weighted by Gasteiger charge is -2.28. The third-order valence-electron chi connectivity index (χ3n) is 3.98. The highest BCUT2D eigenvalue weighted by Crippen LogP contribution is 2.32. The van der Waals surface area contributed by atoms with Gasteiger partial charge in [-0.1, -0.05) is 20.8 Å². The van der Waals surface area contributed by atoms with Crippen molar-refractivity contribution in [3.63, 3.8) is 0 Å². The summed E-state index contributed by atoms with van der Waals surface area (Å²) in [6, 6.07) is 0.680. The molecule has 1 fully saturated rings. The van der Waals surface area contributed by atoms with Gasteiger partial charge in [0, 0.05) is 18.8 Å². The van der Waals surface area contributed by atoms with E-state index in [0.717, 1.165) is 19.0 Å². The Morgan fingerprint density at radius 1 is 1.33 bits per heavy atom. The predicted molar refractivity (Wildman–Crippen MR) is 75.4 cm³/mol. The molecular formula is C15H27N3. The molecule has 3 heteroatoms. The molecule has 1 N–H and O–H groups in total. The summed E-state index contributed by atoms with van der Waals surface area (Å²) in [5.41, 5.74) is 1.34. The third kappa shape index (κ3) is 3.58. The maximum atomic E-state index is 4.34. The van der Waals surface area contributed by atoms with E-state index in [-0.39, 0.29) is 0 Å². The second-order valence-corrected chi connectivity index (χ2v) is 6.23. The Kier molecular flexibility index (Phi) is 4.81. The molecule has 0 saturated heterocycles. The molecule has 3 nitrogen and oxygen atoms in total. The van der Waals surface area contributed by atoms with Gasteiger partial charge in [-0.25, -0.2) is 4.98 Å². The van der Waals surface area contributed by atoms with E-state index in [2.05, 4.69) is 35.6 Å². The normalized spacial score (nSPS) is 24.7. The van der Waals surface area contributed by atoms with Crippen molar-refractivity contribution in [1.29, 1.82) is 0 Å². The lowest BCUT2D eigenvalue weighted by Crippen LogP contribution is -2.23. The van der Waals surface area contributed by atoms with Crippen molar-refractivity contribution in [3.05, 3.63) is 18.2 Å². The van der Waals surface area contributed by atoms with Crippen LogP contribution in [0, 0.1) is 11.8 Å². The van der Waals surface area contributed by atoms with Crippen LogP contribution in [0.2, 0.25) is 0 Å². The van der Waals surface area contributed by atoms with Crippen molar-refractivity contribution in [1.82, 2.24) is 14.9 Å². The maximum Gasteiger partial charge on any atom is 0.0951 e. The summed E-state index contributed by atoms with van der Waals surface area (Å²) >= 11 is 0. The van der Waals surface area contributed by atoms with E-state index in [9.17, 15) is 0 Å². The average Bonchev–Trinajstić information content (AvgIpc) is 2.78. The van der Waals surface area contributed by atoms with E-state index in [0.29, 0.717) is 12.0 Å². The molecule has 2 rings (SSSR count). The fourth-order valence-electron chi connectivity index (χ4n) is 2.81. The third-order valence-corrected chi connectivity index (χ3v) is 3.98. The molecule has 18 heavy (non-hydrogen) atoms. The number of aromatic nitrogens is 2. The Morgan fingerprint density at radius 2 is 2.06 bits per heavy atom. The van der Waals surface area contributed by atoms with Gasteiger partial charge in [0.1, 0.15) is 0 Å². The molecule has 0 unspecified atom stereocenters. The molecule has 0 radical (unpaired) electrons. The number of hydrogen-bond donors (Lipinski definition) is 1. The van der Waals surface area contributed by atoms with Crippen molar-refractivity contribution in [2.45, 2.75) is 59.0 Å². The quantitative estimate of drug-likeness (QED) is 0.867. The highest BCUT2D eigenvalue weighted by molar-refractivity contribution is 5.01. The molecule has 0 amide bonds. The Morgan fingerprint density at radius 3 is 2.72 bits per heavy atom. The first-order chi connectivity index (χ1) is 8.66. The monoisotopic (exact) mass is 249 g/mol. The number of nitrogens with zero attached hydrogens (tertiary/aromatic N) is 2. The van der Waals surface area contributed by atoms with Gasteiger partial charge in [0.15, 0.2) is 0 Å². The standard InChI is InChI=1S/C15H27N3/c1-12(2)8-16-9-15-10-17-11-18(15)14-6-4-13(3)5-7-14/h10-14,16H,4-9H2,1-3H3. The van der Waals surface area contributed by atoms with E-state index in [4.69, 9.17) is 0 Å². The molecular weight excluding hydrogens is 222 g/mol. The molecule has 1 aliphatic rings. The summed E-state index contributed by atoms with van der Waals surface area (Å²) in [5.74, 6) is 1.61. The molecule has 0 bridgehead atoms. The summed E-state index contributed by atoms with van der Waals surface area (Å²) in [5, 5.41) is 3.51. The van der Waals surface area contributed by atoms with Crippen LogP contribution in [-0.2, 0) is 6.54 Å². The fraction of sp³-hybridized carbons (Fsp3) is 0.800. The number of hydrogen-bond acceptors (Lipinski definition) is 2. The second-order valence-electron chi connectivity index (χ2n) is 6.23. The number of imidazole rings is 1. The predicted octanol–water partition coefficient (Wildman–Crippen LogP) is 3.38. The van der Waals surface area contributed by atoms with Crippen LogP contribution in [0.15, 0.2) is 12.5 Å². The van der Waals surface area contributed by atoms with Crippen LogP contribution in [0.4, 0.5) is 0 Å². The lowest BCUT2D eigenvalue weighted by molar-refractivity contribution is 0.284. The Bertz CT molecular complexity index is 348. The zero-order valence-electron chi connectivity index (χ0n) is 12.0. The van der Waals surface area contributed by atoms with Crippen molar-refractivity contribution < 1.29 is 0 Å². The summed E-state index contributed by atoms with van der Waals surface area (Å²) in [4.78, 5) is 4.34. The lowest BCUT2D eigenvalue weighted by atomic mass is 9.87. The summed E-state index contributed by atoms with van der Waals surface area (Å²) in [6.45, 7) is 8.88. The summed E-state index contributed by atoms with van der Waals surface area (Å²) in [7, 11) is 0. The van der Waals surface area contributed by atoms with Crippen LogP contribution in [0.3, 0.4) is 0 Å². The van der Waals surface area contributed by atoms with E-state index < -0.39 is 0 Å². The van der Waals surface area contributed by atoms with Crippen LogP contribution in [0.5, 0.6) is 0 Å². The Labute approximate surface area is 111 Å². The zero-order valence-corrected chi connectivity index (χ0v) is 12.0. The van der Waals surface area contributed by atoms with Crippen molar-refractivity contribution in [2.24, 2.45) is 11.8 Å². The minimum atomic E-state index is 0.680. The van der Waals surface area contributed by atoms with Gasteiger partial charge in [0.25, 0.3) is 0 Å². The minimum Gasteiger partial charge on any atom is -0.330 e. The molecule has 1 aliphatic carbocycles. The van der Waals surface area contributed by atoms with Crippen LogP contribution in [0.1, 0.15) is 58.2 Å². The molecule has 0 atom stereocenters. The first kappa shape index (κ1) is 13.6. The minimum absolute atomic E-state index is 0.680. The largest absolute Gasteiger partial charge is 0.330 e. The van der Waals surface area contributed by atoms with Gasteiger partial charge in [-0.2, -0.15) is 0 Å². The number of rotatable bonds is 5. The van der Waals surface area contributed by atoms with Crippen molar-refractivity contribution in [3.8, 4) is 0 Å². The van der Waals surface area contributed by atoms with E-state index in [1.165, 1.54) is 31.4 Å². The maximum absolute atomic E-state index is 4.34. The van der Waals surface area contributed by atoms with Gasteiger partial charge in [0.05, 0.1) is 12.0 Å². The summed E-state index contributed by atoms with van der Waals surface area (Å²) < 4.78 is 2.40. The smallest absolute Gasteiger partial charge is 0.0951 e. The van der Waals surface area contributed by atoms with Crippen molar-refractivity contribution in [2.75, 3.05) is 6.54 Å². The first-order valence-electron chi connectivity index (χ1n) is 7.38. The highest BCUT2D eigenvalue weighted by Gasteiger charge is 2.20. The first-order valence-corrected chi connectivity index (χ1v) is 7.38. The molecule has 1 aromatic heterocycles. The Hall–Kier alpha value is -0.830. The van der Waals surface area contributed by atoms with Gasteiger partial charge in [-0.15, -0.1) is 0 Å². The fourth-order valence-corrected chi connectivity index (χ4v) is 2.81. The van der Waals surface area contributed by atoms with E-state index in [1.807, 2.05) is 12.5 Å². The van der Waals surface area contributed by atoms with Crippen LogP contribution in [-0.4, -0.2) is 16.1 Å². The molecule has 1 heterocycles. The Balaban J connectivity index is 1.90.